The predicted octanol–water partition coefficient (Wildman–Crippen LogP) is 4.47. The van der Waals surface area contributed by atoms with Gasteiger partial charge in [-0.2, -0.15) is 0 Å². The normalized spacial score (nSPS) is 12.1. The van der Waals surface area contributed by atoms with Crippen molar-refractivity contribution in [1.82, 2.24) is 5.32 Å². The van der Waals surface area contributed by atoms with Gasteiger partial charge in [-0.05, 0) is 55.3 Å². The van der Waals surface area contributed by atoms with E-state index in [2.05, 4.69) is 5.32 Å². The molecule has 0 aliphatic heterocycles. The zero-order chi connectivity index (χ0) is 23.1. The summed E-state index contributed by atoms with van der Waals surface area (Å²) in [5.74, 6) is 0.349. The molecule has 0 saturated carbocycles. The van der Waals surface area contributed by atoms with Crippen LogP contribution in [-0.4, -0.2) is 28.0 Å². The molecule has 3 rings (SSSR count). The first-order valence-corrected chi connectivity index (χ1v) is 11.9. The van der Waals surface area contributed by atoms with E-state index in [1.54, 1.807) is 37.4 Å². The maximum absolute atomic E-state index is 13.4. The summed E-state index contributed by atoms with van der Waals surface area (Å²) < 4.78 is 33.1. The monoisotopic (exact) mass is 452 g/mol. The predicted molar refractivity (Wildman–Crippen MR) is 126 cm³/mol. The van der Waals surface area contributed by atoms with Crippen molar-refractivity contribution in [3.63, 3.8) is 0 Å². The average molecular weight is 453 g/mol. The van der Waals surface area contributed by atoms with Crippen LogP contribution in [0, 0.1) is 6.92 Å². The fraction of sp³-hybridized carbons (Fsp3) is 0.240. The van der Waals surface area contributed by atoms with Crippen LogP contribution in [0.1, 0.15) is 30.5 Å². The average Bonchev–Trinajstić information content (AvgIpc) is 2.82. The van der Waals surface area contributed by atoms with Crippen LogP contribution in [0.4, 0.5) is 5.69 Å². The highest BCUT2D eigenvalue weighted by molar-refractivity contribution is 7.92. The van der Waals surface area contributed by atoms with E-state index >= 15 is 0 Å². The van der Waals surface area contributed by atoms with Crippen molar-refractivity contribution in [1.29, 1.82) is 0 Å². The second kappa shape index (κ2) is 10.3. The molecule has 0 saturated heterocycles. The molecule has 0 aliphatic carbocycles. The highest BCUT2D eigenvalue weighted by atomic mass is 32.2. The molecule has 0 bridgehead atoms. The lowest BCUT2D eigenvalue weighted by Gasteiger charge is -2.26. The van der Waals surface area contributed by atoms with E-state index < -0.39 is 10.0 Å². The van der Waals surface area contributed by atoms with Gasteiger partial charge in [-0.25, -0.2) is 8.42 Å². The number of carbonyl (C=O) groups is 1. The number of methoxy groups -OCH3 is 1. The third-order valence-corrected chi connectivity index (χ3v) is 6.99. The lowest BCUT2D eigenvalue weighted by Crippen LogP contribution is -2.42. The molecule has 168 valence electrons. The Morgan fingerprint density at radius 2 is 1.59 bits per heavy atom. The van der Waals surface area contributed by atoms with E-state index in [0.29, 0.717) is 12.1 Å². The molecule has 0 spiro atoms. The summed E-state index contributed by atoms with van der Waals surface area (Å²) in [5.41, 5.74) is 2.36. The smallest absolute Gasteiger partial charge is 0.264 e. The van der Waals surface area contributed by atoms with Crippen molar-refractivity contribution in [2.75, 3.05) is 18.0 Å². The van der Waals surface area contributed by atoms with Gasteiger partial charge < -0.3 is 10.1 Å². The topological polar surface area (TPSA) is 75.7 Å². The summed E-state index contributed by atoms with van der Waals surface area (Å²) in [6, 6.07) is 22.4. The van der Waals surface area contributed by atoms with Gasteiger partial charge in [0.2, 0.25) is 5.91 Å². The van der Waals surface area contributed by atoms with Crippen LogP contribution in [-0.2, 0) is 14.8 Å². The molecule has 0 aliphatic rings. The van der Waals surface area contributed by atoms with Gasteiger partial charge in [0.25, 0.3) is 10.0 Å². The molecule has 0 radical (unpaired) electrons. The Balaban J connectivity index is 1.86. The number of aryl methyl sites for hydroxylation is 1. The van der Waals surface area contributed by atoms with Crippen molar-refractivity contribution < 1.29 is 17.9 Å². The summed E-state index contributed by atoms with van der Waals surface area (Å²) >= 11 is 0. The van der Waals surface area contributed by atoms with E-state index in [9.17, 15) is 13.2 Å². The summed E-state index contributed by atoms with van der Waals surface area (Å²) in [7, 11) is -2.32. The van der Waals surface area contributed by atoms with Crippen LogP contribution in [0.2, 0.25) is 0 Å². The van der Waals surface area contributed by atoms with E-state index in [1.807, 2.05) is 50.2 Å². The minimum atomic E-state index is -3.92. The lowest BCUT2D eigenvalue weighted by molar-refractivity contribution is -0.120. The molecule has 0 heterocycles. The zero-order valence-electron chi connectivity index (χ0n) is 18.5. The molecular weight excluding hydrogens is 424 g/mol. The second-order valence-electron chi connectivity index (χ2n) is 7.46. The van der Waals surface area contributed by atoms with Crippen molar-refractivity contribution in [3.8, 4) is 5.75 Å². The minimum Gasteiger partial charge on any atom is -0.497 e. The molecule has 0 aromatic heterocycles. The lowest BCUT2D eigenvalue weighted by atomic mass is 10.0. The number of nitrogens with zero attached hydrogens (tertiary/aromatic N) is 1. The number of hydrogen-bond acceptors (Lipinski definition) is 4. The first-order chi connectivity index (χ1) is 15.3. The van der Waals surface area contributed by atoms with Crippen molar-refractivity contribution >= 4 is 21.6 Å². The van der Waals surface area contributed by atoms with Crippen LogP contribution < -0.4 is 14.4 Å². The highest BCUT2D eigenvalue weighted by Gasteiger charge is 2.27. The van der Waals surface area contributed by atoms with Crippen LogP contribution in [0.5, 0.6) is 5.75 Å². The molecule has 32 heavy (non-hydrogen) atoms. The Hall–Kier alpha value is -3.32. The SMILES string of the molecule is CCC(NC(=O)CN(c1ccc(C)cc1)S(=O)(=O)c1ccccc1)c1ccc(OC)cc1. The molecular formula is C25H28N2O4S. The van der Waals surface area contributed by atoms with Gasteiger partial charge >= 0.3 is 0 Å². The van der Waals surface area contributed by atoms with Crippen molar-refractivity contribution in [3.05, 3.63) is 90.0 Å². The van der Waals surface area contributed by atoms with E-state index in [4.69, 9.17) is 4.74 Å². The molecule has 7 heteroatoms. The fourth-order valence-corrected chi connectivity index (χ4v) is 4.82. The maximum Gasteiger partial charge on any atom is 0.264 e. The van der Waals surface area contributed by atoms with Gasteiger partial charge in [0.1, 0.15) is 12.3 Å². The third-order valence-electron chi connectivity index (χ3n) is 5.20. The zero-order valence-corrected chi connectivity index (χ0v) is 19.3. The number of anilines is 1. The molecule has 0 fully saturated rings. The third kappa shape index (κ3) is 5.48. The Labute approximate surface area is 189 Å². The van der Waals surface area contributed by atoms with Gasteiger partial charge in [0.05, 0.1) is 23.7 Å². The Morgan fingerprint density at radius 1 is 0.969 bits per heavy atom. The van der Waals surface area contributed by atoms with Gasteiger partial charge in [0.15, 0.2) is 0 Å². The quantitative estimate of drug-likeness (QED) is 0.520. The van der Waals surface area contributed by atoms with Crippen molar-refractivity contribution in [2.45, 2.75) is 31.2 Å². The summed E-state index contributed by atoms with van der Waals surface area (Å²) in [6.07, 6.45) is 0.661. The number of benzene rings is 3. The van der Waals surface area contributed by atoms with Crippen LogP contribution in [0.15, 0.2) is 83.8 Å². The second-order valence-corrected chi connectivity index (χ2v) is 9.32. The van der Waals surface area contributed by atoms with Gasteiger partial charge in [-0.3, -0.25) is 9.10 Å². The number of ether oxygens (including phenoxy) is 1. The first-order valence-electron chi connectivity index (χ1n) is 10.4. The number of amides is 1. The molecule has 1 amide bonds. The summed E-state index contributed by atoms with van der Waals surface area (Å²) in [6.45, 7) is 3.56. The van der Waals surface area contributed by atoms with Crippen molar-refractivity contribution in [2.24, 2.45) is 0 Å². The Kier molecular flexibility index (Phi) is 7.53. The van der Waals surface area contributed by atoms with Crippen LogP contribution in [0.25, 0.3) is 0 Å². The van der Waals surface area contributed by atoms with Gasteiger partial charge in [-0.15, -0.1) is 0 Å². The molecule has 1 N–H and O–H groups in total. The maximum atomic E-state index is 13.4. The number of rotatable bonds is 9. The summed E-state index contributed by atoms with van der Waals surface area (Å²) in [4.78, 5) is 13.1. The Bertz CT molecular complexity index is 1130. The molecule has 1 atom stereocenters. The number of hydrogen-bond donors (Lipinski definition) is 1. The minimum absolute atomic E-state index is 0.135. The van der Waals surface area contributed by atoms with Crippen LogP contribution in [0.3, 0.4) is 0 Å². The number of carbonyl (C=O) groups excluding carboxylic acids is 1. The van der Waals surface area contributed by atoms with E-state index in [0.717, 1.165) is 21.2 Å². The molecule has 3 aromatic carbocycles. The van der Waals surface area contributed by atoms with Crippen LogP contribution >= 0.6 is 0 Å². The van der Waals surface area contributed by atoms with E-state index in [1.165, 1.54) is 12.1 Å². The molecule has 1 unspecified atom stereocenters. The number of sulfonamides is 1. The number of nitrogens with one attached hydrogen (secondary N) is 1. The highest BCUT2D eigenvalue weighted by Crippen LogP contribution is 2.25. The standard InChI is InChI=1S/C25H28N2O4S/c1-4-24(20-12-16-22(31-3)17-13-20)26-25(28)18-27(21-14-10-19(2)11-15-21)32(29,30)23-8-6-5-7-9-23/h5-17,24H,4,18H2,1-3H3,(H,26,28). The molecule has 6 nitrogen and oxygen atoms in total. The summed E-state index contributed by atoms with van der Waals surface area (Å²) in [5, 5.41) is 2.97. The Morgan fingerprint density at radius 3 is 2.16 bits per heavy atom. The van der Waals surface area contributed by atoms with E-state index in [-0.39, 0.29) is 23.4 Å². The first kappa shape index (κ1) is 23.3. The molecule has 3 aromatic rings. The van der Waals surface area contributed by atoms with Gasteiger partial charge in [-0.1, -0.05) is 55.0 Å². The largest absolute Gasteiger partial charge is 0.497 e. The fourth-order valence-electron chi connectivity index (χ4n) is 3.37. The van der Waals surface area contributed by atoms with Gasteiger partial charge in [0, 0.05) is 0 Å².